The lowest BCUT2D eigenvalue weighted by molar-refractivity contribution is -0.127. The van der Waals surface area contributed by atoms with Crippen molar-refractivity contribution in [1.29, 1.82) is 0 Å². The van der Waals surface area contributed by atoms with E-state index in [0.717, 1.165) is 32.1 Å². The zero-order valence-corrected chi connectivity index (χ0v) is 19.2. The molecule has 168 valence electrons. The highest BCUT2D eigenvalue weighted by molar-refractivity contribution is 7.89. The van der Waals surface area contributed by atoms with Crippen LogP contribution in [0.5, 0.6) is 5.75 Å². The molecule has 3 rings (SSSR count). The fraction of sp³-hybridized carbons (Fsp3) is 0.696. The molecule has 2 aliphatic carbocycles. The van der Waals surface area contributed by atoms with Gasteiger partial charge < -0.3 is 10.1 Å². The first-order valence-corrected chi connectivity index (χ1v) is 12.7. The van der Waals surface area contributed by atoms with Gasteiger partial charge in [-0.15, -0.1) is 0 Å². The Kier molecular flexibility index (Phi) is 7.80. The summed E-state index contributed by atoms with van der Waals surface area (Å²) in [5, 5.41) is 3.31. The van der Waals surface area contributed by atoms with Crippen LogP contribution in [0.25, 0.3) is 0 Å². The van der Waals surface area contributed by atoms with E-state index in [9.17, 15) is 13.2 Å². The number of methoxy groups -OCH3 is 1. The van der Waals surface area contributed by atoms with Gasteiger partial charge in [-0.2, -0.15) is 0 Å². The highest BCUT2D eigenvalue weighted by atomic mass is 32.2. The fourth-order valence-corrected chi connectivity index (χ4v) is 5.90. The molecule has 0 heterocycles. The largest absolute Gasteiger partial charge is 0.497 e. The number of benzene rings is 1. The molecule has 0 radical (unpaired) electrons. The second-order valence-electron chi connectivity index (χ2n) is 9.13. The number of rotatable bonds is 7. The number of ether oxygens (including phenoxy) is 1. The number of amides is 1. The first-order chi connectivity index (χ1) is 14.3. The van der Waals surface area contributed by atoms with Crippen LogP contribution in [0.15, 0.2) is 29.2 Å². The lowest BCUT2D eigenvalue weighted by atomic mass is 9.77. The highest BCUT2D eigenvalue weighted by Gasteiger charge is 2.32. The third kappa shape index (κ3) is 5.76. The fourth-order valence-electron chi connectivity index (χ4n) is 4.78. The van der Waals surface area contributed by atoms with E-state index in [1.54, 1.807) is 31.4 Å². The lowest BCUT2D eigenvalue weighted by Crippen LogP contribution is -2.46. The van der Waals surface area contributed by atoms with Gasteiger partial charge in [-0.1, -0.05) is 26.7 Å². The number of nitrogens with one attached hydrogen (secondary N) is 2. The summed E-state index contributed by atoms with van der Waals surface area (Å²) in [6.07, 6.45) is 6.94. The van der Waals surface area contributed by atoms with E-state index >= 15 is 0 Å². The van der Waals surface area contributed by atoms with Crippen LogP contribution in [0.1, 0.15) is 58.8 Å². The van der Waals surface area contributed by atoms with Crippen LogP contribution in [0.4, 0.5) is 0 Å². The van der Waals surface area contributed by atoms with Crippen molar-refractivity contribution in [3.63, 3.8) is 0 Å². The van der Waals surface area contributed by atoms with Crippen molar-refractivity contribution in [2.24, 2.45) is 23.7 Å². The Morgan fingerprint density at radius 3 is 2.33 bits per heavy atom. The molecule has 0 saturated heterocycles. The van der Waals surface area contributed by atoms with Crippen molar-refractivity contribution in [3.05, 3.63) is 24.3 Å². The Morgan fingerprint density at radius 1 is 1.03 bits per heavy atom. The summed E-state index contributed by atoms with van der Waals surface area (Å²) < 4.78 is 32.8. The van der Waals surface area contributed by atoms with Crippen molar-refractivity contribution in [2.75, 3.05) is 13.7 Å². The van der Waals surface area contributed by atoms with E-state index in [1.807, 2.05) is 0 Å². The maximum atomic E-state index is 12.7. The Hall–Kier alpha value is -1.60. The number of hydrogen-bond donors (Lipinski definition) is 2. The van der Waals surface area contributed by atoms with Crippen LogP contribution in [0.3, 0.4) is 0 Å². The van der Waals surface area contributed by atoms with E-state index in [-0.39, 0.29) is 22.6 Å². The molecule has 1 aromatic rings. The standard InChI is InChI=1S/C23H36N2O4S/c1-16-5-4-6-22(17(16)2)25-23(26)19-9-7-18(8-10-19)15-24-30(27,28)21-13-11-20(29-3)12-14-21/h11-14,16-19,22,24H,4-10,15H2,1-3H3,(H,25,26). The Balaban J connectivity index is 1.44. The second-order valence-corrected chi connectivity index (χ2v) is 10.9. The number of sulfonamides is 1. The minimum atomic E-state index is -3.53. The van der Waals surface area contributed by atoms with Crippen LogP contribution >= 0.6 is 0 Å². The molecule has 0 spiro atoms. The molecular formula is C23H36N2O4S. The number of carbonyl (C=O) groups is 1. The molecular weight excluding hydrogens is 400 g/mol. The molecule has 0 aliphatic heterocycles. The van der Waals surface area contributed by atoms with Gasteiger partial charge in [-0.25, -0.2) is 13.1 Å². The van der Waals surface area contributed by atoms with Crippen molar-refractivity contribution >= 4 is 15.9 Å². The normalized spacial score (nSPS) is 29.9. The van der Waals surface area contributed by atoms with Gasteiger partial charge >= 0.3 is 0 Å². The van der Waals surface area contributed by atoms with Gasteiger partial charge in [-0.05, 0) is 74.1 Å². The quantitative estimate of drug-likeness (QED) is 0.682. The average molecular weight is 437 g/mol. The zero-order chi connectivity index (χ0) is 21.7. The minimum absolute atomic E-state index is 0.0591. The highest BCUT2D eigenvalue weighted by Crippen LogP contribution is 2.32. The van der Waals surface area contributed by atoms with E-state index < -0.39 is 10.0 Å². The third-order valence-corrected chi connectivity index (χ3v) is 8.62. The Labute approximate surface area is 181 Å². The van der Waals surface area contributed by atoms with Gasteiger partial charge in [0.2, 0.25) is 15.9 Å². The third-order valence-electron chi connectivity index (χ3n) is 7.18. The minimum Gasteiger partial charge on any atom is -0.497 e. The molecule has 2 N–H and O–H groups in total. The second kappa shape index (κ2) is 10.1. The van der Waals surface area contributed by atoms with Crippen LogP contribution in [0.2, 0.25) is 0 Å². The Morgan fingerprint density at radius 2 is 1.70 bits per heavy atom. The van der Waals surface area contributed by atoms with Crippen molar-refractivity contribution < 1.29 is 17.9 Å². The molecule has 1 aromatic carbocycles. The van der Waals surface area contributed by atoms with Crippen molar-refractivity contribution in [1.82, 2.24) is 10.0 Å². The molecule has 7 heteroatoms. The van der Waals surface area contributed by atoms with Crippen LogP contribution < -0.4 is 14.8 Å². The summed E-state index contributed by atoms with van der Waals surface area (Å²) >= 11 is 0. The number of carbonyl (C=O) groups excluding carboxylic acids is 1. The molecule has 0 aromatic heterocycles. The van der Waals surface area contributed by atoms with E-state index in [2.05, 4.69) is 23.9 Å². The molecule has 30 heavy (non-hydrogen) atoms. The molecule has 0 bridgehead atoms. The smallest absolute Gasteiger partial charge is 0.240 e. The van der Waals surface area contributed by atoms with Gasteiger partial charge in [0, 0.05) is 18.5 Å². The van der Waals surface area contributed by atoms with Crippen LogP contribution in [-0.4, -0.2) is 34.0 Å². The van der Waals surface area contributed by atoms with Gasteiger partial charge in [0.05, 0.1) is 12.0 Å². The molecule has 1 amide bonds. The molecule has 3 unspecified atom stereocenters. The topological polar surface area (TPSA) is 84.5 Å². The maximum Gasteiger partial charge on any atom is 0.240 e. The summed E-state index contributed by atoms with van der Waals surface area (Å²) in [6.45, 7) is 4.95. The van der Waals surface area contributed by atoms with Crippen molar-refractivity contribution in [2.45, 2.75) is 69.7 Å². The molecule has 3 atom stereocenters. The maximum absolute atomic E-state index is 12.7. The summed E-state index contributed by atoms with van der Waals surface area (Å²) in [5.41, 5.74) is 0. The monoisotopic (exact) mass is 436 g/mol. The summed E-state index contributed by atoms with van der Waals surface area (Å²) in [7, 11) is -1.98. The van der Waals surface area contributed by atoms with Crippen LogP contribution in [-0.2, 0) is 14.8 Å². The SMILES string of the molecule is COc1ccc(S(=O)(=O)NCC2CCC(C(=O)NC3CCCC(C)C3C)CC2)cc1. The Bertz CT molecular complexity index is 801. The van der Waals surface area contributed by atoms with Gasteiger partial charge in [-0.3, -0.25) is 4.79 Å². The molecule has 2 aliphatic rings. The summed E-state index contributed by atoms with van der Waals surface area (Å²) in [5.74, 6) is 2.35. The first-order valence-electron chi connectivity index (χ1n) is 11.2. The van der Waals surface area contributed by atoms with Gasteiger partial charge in [0.15, 0.2) is 0 Å². The van der Waals surface area contributed by atoms with E-state index in [0.29, 0.717) is 30.2 Å². The molecule has 2 fully saturated rings. The number of hydrogen-bond acceptors (Lipinski definition) is 4. The van der Waals surface area contributed by atoms with E-state index in [1.165, 1.54) is 12.8 Å². The first kappa shape index (κ1) is 23.1. The predicted molar refractivity (Wildman–Crippen MR) is 118 cm³/mol. The zero-order valence-electron chi connectivity index (χ0n) is 18.4. The van der Waals surface area contributed by atoms with Gasteiger partial charge in [0.25, 0.3) is 0 Å². The van der Waals surface area contributed by atoms with Gasteiger partial charge in [0.1, 0.15) is 5.75 Å². The van der Waals surface area contributed by atoms with Crippen LogP contribution in [0, 0.1) is 23.7 Å². The molecule has 6 nitrogen and oxygen atoms in total. The predicted octanol–water partition coefficient (Wildman–Crippen LogP) is 3.72. The lowest BCUT2D eigenvalue weighted by Gasteiger charge is -2.36. The average Bonchev–Trinajstić information content (AvgIpc) is 2.76. The summed E-state index contributed by atoms with van der Waals surface area (Å²) in [4.78, 5) is 13.0. The van der Waals surface area contributed by atoms with E-state index in [4.69, 9.17) is 4.74 Å². The van der Waals surface area contributed by atoms with Crippen molar-refractivity contribution in [3.8, 4) is 5.75 Å². The summed E-state index contributed by atoms with van der Waals surface area (Å²) in [6, 6.07) is 6.69. The molecule has 2 saturated carbocycles.